The third-order valence-corrected chi connectivity index (χ3v) is 4.49. The lowest BCUT2D eigenvalue weighted by molar-refractivity contribution is -0.141. The quantitative estimate of drug-likeness (QED) is 0.340. The highest BCUT2D eigenvalue weighted by atomic mass is 16.5. The number of amides is 1. The summed E-state index contributed by atoms with van der Waals surface area (Å²) in [5.41, 5.74) is 1.92. The maximum Gasteiger partial charge on any atom is 0.326 e. The predicted octanol–water partition coefficient (Wildman–Crippen LogP) is 2.70. The number of Topliss-reactive ketones (excluding diaryl/α,β-unsaturated/α-hetero) is 1. The summed E-state index contributed by atoms with van der Waals surface area (Å²) >= 11 is 0. The lowest BCUT2D eigenvalue weighted by Gasteiger charge is -2.15. The molecule has 0 bridgehead atoms. The number of aliphatic carboxylic acids is 1. The number of carboxylic acid groups (broad SMARTS) is 1. The van der Waals surface area contributed by atoms with Gasteiger partial charge in [-0.25, -0.2) is 4.79 Å². The molecule has 0 radical (unpaired) electrons. The number of aryl methyl sites for hydroxylation is 1. The minimum absolute atomic E-state index is 0.0427. The van der Waals surface area contributed by atoms with Gasteiger partial charge in [0.25, 0.3) is 0 Å². The zero-order chi connectivity index (χ0) is 23.0. The summed E-state index contributed by atoms with van der Waals surface area (Å²) < 4.78 is 10.1. The van der Waals surface area contributed by atoms with Crippen LogP contribution in [0.4, 0.5) is 0 Å². The molecule has 164 valence electrons. The van der Waals surface area contributed by atoms with Crippen LogP contribution in [0.2, 0.25) is 0 Å². The van der Waals surface area contributed by atoms with Gasteiger partial charge in [-0.15, -0.1) is 0 Å². The van der Waals surface area contributed by atoms with E-state index in [0.29, 0.717) is 22.6 Å². The number of hydrogen-bond donors (Lipinski definition) is 2. The molecule has 1 atom stereocenters. The van der Waals surface area contributed by atoms with E-state index in [0.717, 1.165) is 5.56 Å². The number of methoxy groups -OCH3 is 1. The molecule has 2 N–H and O–H groups in total. The van der Waals surface area contributed by atoms with Crippen molar-refractivity contribution in [3.63, 3.8) is 0 Å². The molecule has 1 amide bonds. The van der Waals surface area contributed by atoms with Crippen LogP contribution in [0.25, 0.3) is 0 Å². The van der Waals surface area contributed by atoms with E-state index >= 15 is 0 Å². The van der Waals surface area contributed by atoms with Gasteiger partial charge < -0.3 is 19.9 Å². The molecular weight excluding hydrogens is 402 g/mol. The number of rotatable bonds is 10. The topological polar surface area (TPSA) is 119 Å². The fraction of sp³-hybridized carbons (Fsp3) is 0.304. The first-order valence-corrected chi connectivity index (χ1v) is 9.67. The van der Waals surface area contributed by atoms with Crippen molar-refractivity contribution in [2.45, 2.75) is 39.2 Å². The standard InChI is InChI=1S/C23H25NO7/c1-14-4-10-21(30-3)18(12-14)20(26)9-11-22(27)24-19(23(28)29)13-16-5-7-17(8-6-16)31-15(2)25/h4-8,10,12,19H,9,11,13H2,1-3H3,(H,24,27)(H,28,29). The molecule has 0 aliphatic heterocycles. The number of nitrogens with one attached hydrogen (secondary N) is 1. The van der Waals surface area contributed by atoms with Gasteiger partial charge >= 0.3 is 11.9 Å². The number of carboxylic acids is 1. The van der Waals surface area contributed by atoms with Crippen molar-refractivity contribution in [3.8, 4) is 11.5 Å². The van der Waals surface area contributed by atoms with Crippen LogP contribution in [0.1, 0.15) is 41.3 Å². The molecule has 8 heteroatoms. The second-order valence-electron chi connectivity index (χ2n) is 7.03. The first-order chi connectivity index (χ1) is 14.7. The minimum atomic E-state index is -1.19. The van der Waals surface area contributed by atoms with Crippen LogP contribution in [-0.4, -0.2) is 41.9 Å². The van der Waals surface area contributed by atoms with Gasteiger partial charge in [-0.1, -0.05) is 23.8 Å². The Kier molecular flexibility index (Phi) is 8.31. The number of ether oxygens (including phenoxy) is 2. The third kappa shape index (κ3) is 7.26. The molecule has 1 unspecified atom stereocenters. The fourth-order valence-corrected chi connectivity index (χ4v) is 2.96. The second kappa shape index (κ2) is 10.9. The van der Waals surface area contributed by atoms with Crippen molar-refractivity contribution < 1.29 is 33.8 Å². The van der Waals surface area contributed by atoms with Gasteiger partial charge in [0.05, 0.1) is 12.7 Å². The summed E-state index contributed by atoms with van der Waals surface area (Å²) in [6.07, 6.45) is -0.179. The lowest BCUT2D eigenvalue weighted by atomic mass is 10.0. The van der Waals surface area contributed by atoms with Crippen molar-refractivity contribution >= 4 is 23.6 Å². The van der Waals surface area contributed by atoms with Crippen LogP contribution in [0.3, 0.4) is 0 Å². The Hall–Kier alpha value is -3.68. The van der Waals surface area contributed by atoms with Gasteiger partial charge in [-0.05, 0) is 36.8 Å². The smallest absolute Gasteiger partial charge is 0.326 e. The lowest BCUT2D eigenvalue weighted by Crippen LogP contribution is -2.42. The Morgan fingerprint density at radius 3 is 2.29 bits per heavy atom. The zero-order valence-corrected chi connectivity index (χ0v) is 17.6. The molecule has 0 spiro atoms. The Balaban J connectivity index is 1.95. The van der Waals surface area contributed by atoms with Crippen LogP contribution in [-0.2, 0) is 20.8 Å². The van der Waals surface area contributed by atoms with E-state index in [1.165, 1.54) is 14.0 Å². The monoisotopic (exact) mass is 427 g/mol. The molecule has 31 heavy (non-hydrogen) atoms. The molecule has 0 fully saturated rings. The van der Waals surface area contributed by atoms with Crippen LogP contribution < -0.4 is 14.8 Å². The van der Waals surface area contributed by atoms with Gasteiger partial charge in [-0.2, -0.15) is 0 Å². The average molecular weight is 427 g/mol. The Morgan fingerprint density at radius 2 is 1.71 bits per heavy atom. The minimum Gasteiger partial charge on any atom is -0.496 e. The van der Waals surface area contributed by atoms with Gasteiger partial charge in [0, 0.05) is 26.2 Å². The van der Waals surface area contributed by atoms with E-state index in [-0.39, 0.29) is 25.0 Å². The highest BCUT2D eigenvalue weighted by Crippen LogP contribution is 2.21. The number of ketones is 1. The number of carbonyl (C=O) groups excluding carboxylic acids is 3. The highest BCUT2D eigenvalue weighted by Gasteiger charge is 2.21. The number of benzene rings is 2. The van der Waals surface area contributed by atoms with Gasteiger partial charge in [-0.3, -0.25) is 14.4 Å². The Labute approximate surface area is 180 Å². The summed E-state index contributed by atoms with van der Waals surface area (Å²) in [7, 11) is 1.46. The van der Waals surface area contributed by atoms with E-state index in [9.17, 15) is 24.3 Å². The van der Waals surface area contributed by atoms with Crippen molar-refractivity contribution in [3.05, 3.63) is 59.2 Å². The summed E-state index contributed by atoms with van der Waals surface area (Å²) in [6.45, 7) is 3.13. The maximum atomic E-state index is 12.5. The van der Waals surface area contributed by atoms with E-state index in [4.69, 9.17) is 9.47 Å². The third-order valence-electron chi connectivity index (χ3n) is 4.49. The second-order valence-corrected chi connectivity index (χ2v) is 7.03. The van der Waals surface area contributed by atoms with Crippen LogP contribution in [0.5, 0.6) is 11.5 Å². The molecular formula is C23H25NO7. The zero-order valence-electron chi connectivity index (χ0n) is 17.6. The van der Waals surface area contributed by atoms with Crippen molar-refractivity contribution in [2.24, 2.45) is 0 Å². The fourth-order valence-electron chi connectivity index (χ4n) is 2.96. The number of esters is 1. The molecule has 2 aromatic rings. The Morgan fingerprint density at radius 1 is 1.03 bits per heavy atom. The first kappa shape index (κ1) is 23.6. The molecule has 0 saturated heterocycles. The van der Waals surface area contributed by atoms with Gasteiger partial charge in [0.15, 0.2) is 5.78 Å². The highest BCUT2D eigenvalue weighted by molar-refractivity contribution is 6.00. The molecule has 8 nitrogen and oxygen atoms in total. The van der Waals surface area contributed by atoms with Crippen molar-refractivity contribution in [2.75, 3.05) is 7.11 Å². The molecule has 0 aliphatic carbocycles. The molecule has 0 aromatic heterocycles. The number of hydrogen-bond acceptors (Lipinski definition) is 6. The van der Waals surface area contributed by atoms with Crippen molar-refractivity contribution in [1.82, 2.24) is 5.32 Å². The Bertz CT molecular complexity index is 966. The molecule has 2 rings (SSSR count). The first-order valence-electron chi connectivity index (χ1n) is 9.67. The summed E-state index contributed by atoms with van der Waals surface area (Å²) in [5, 5.41) is 11.9. The molecule has 2 aromatic carbocycles. The van der Waals surface area contributed by atoms with Gasteiger partial charge in [0.2, 0.25) is 5.91 Å². The van der Waals surface area contributed by atoms with Crippen LogP contribution in [0.15, 0.2) is 42.5 Å². The summed E-state index contributed by atoms with van der Waals surface area (Å²) in [4.78, 5) is 47.3. The van der Waals surface area contributed by atoms with Crippen LogP contribution in [0, 0.1) is 6.92 Å². The largest absolute Gasteiger partial charge is 0.496 e. The summed E-state index contributed by atoms with van der Waals surface area (Å²) in [5.74, 6) is -1.67. The predicted molar refractivity (Wildman–Crippen MR) is 112 cm³/mol. The van der Waals surface area contributed by atoms with Crippen molar-refractivity contribution in [1.29, 1.82) is 0 Å². The molecule has 0 aliphatic rings. The molecule has 0 saturated carbocycles. The average Bonchev–Trinajstić information content (AvgIpc) is 2.72. The SMILES string of the molecule is COc1ccc(C)cc1C(=O)CCC(=O)NC(Cc1ccc(OC(C)=O)cc1)C(=O)O. The van der Waals surface area contributed by atoms with Gasteiger partial charge in [0.1, 0.15) is 17.5 Å². The van der Waals surface area contributed by atoms with E-state index < -0.39 is 23.9 Å². The van der Waals surface area contributed by atoms with E-state index in [1.807, 2.05) is 13.0 Å². The van der Waals surface area contributed by atoms with E-state index in [1.54, 1.807) is 36.4 Å². The van der Waals surface area contributed by atoms with Crippen LogP contribution >= 0.6 is 0 Å². The maximum absolute atomic E-state index is 12.5. The summed E-state index contributed by atoms with van der Waals surface area (Å²) in [6, 6.07) is 10.4. The normalized spacial score (nSPS) is 11.3. The molecule has 0 heterocycles. The number of carbonyl (C=O) groups is 4. The van der Waals surface area contributed by atoms with E-state index in [2.05, 4.69) is 5.32 Å².